The number of hydrogen-bond donors (Lipinski definition) is 1. The Balaban J connectivity index is 2.37. The van der Waals surface area contributed by atoms with E-state index in [1.807, 2.05) is 0 Å². The molecule has 1 amide bonds. The lowest BCUT2D eigenvalue weighted by Crippen LogP contribution is -2.30. The minimum absolute atomic E-state index is 0.0966. The Kier molecular flexibility index (Phi) is 7.77. The van der Waals surface area contributed by atoms with Gasteiger partial charge in [0.1, 0.15) is 5.82 Å². The smallest absolute Gasteiger partial charge is 0.307 e. The third-order valence-electron chi connectivity index (χ3n) is 4.36. The fourth-order valence-corrected chi connectivity index (χ4v) is 2.92. The fraction of sp³-hybridized carbons (Fsp3) is 0.273. The van der Waals surface area contributed by atoms with Gasteiger partial charge < -0.3 is 19.5 Å². The number of amides is 1. The molecule has 1 N–H and O–H groups in total. The summed E-state index contributed by atoms with van der Waals surface area (Å²) in [5.74, 6) is -0.406. The molecule has 1 atom stereocenters. The summed E-state index contributed by atoms with van der Waals surface area (Å²) in [6.45, 7) is 3.72. The van der Waals surface area contributed by atoms with Gasteiger partial charge in [-0.25, -0.2) is 4.39 Å². The monoisotopic (exact) mass is 401 g/mol. The summed E-state index contributed by atoms with van der Waals surface area (Å²) < 4.78 is 28.7. The molecular formula is C22H24FNO5. The number of ether oxygens (including phenoxy) is 3. The molecule has 0 fully saturated rings. The van der Waals surface area contributed by atoms with Gasteiger partial charge >= 0.3 is 5.97 Å². The zero-order valence-corrected chi connectivity index (χ0v) is 16.7. The number of esters is 1. The molecule has 0 aliphatic carbocycles. The number of allylic oxidation sites excluding steroid dienone is 1. The molecule has 1 unspecified atom stereocenters. The van der Waals surface area contributed by atoms with Crippen molar-refractivity contribution < 1.29 is 28.2 Å². The van der Waals surface area contributed by atoms with Gasteiger partial charge in [-0.3, -0.25) is 9.59 Å². The highest BCUT2D eigenvalue weighted by molar-refractivity contribution is 5.95. The molecule has 29 heavy (non-hydrogen) atoms. The van der Waals surface area contributed by atoms with Crippen LogP contribution in [0.15, 0.2) is 49.1 Å². The molecule has 0 aliphatic rings. The van der Waals surface area contributed by atoms with Crippen LogP contribution in [0.4, 0.5) is 4.39 Å². The van der Waals surface area contributed by atoms with E-state index in [4.69, 9.17) is 14.2 Å². The first-order chi connectivity index (χ1) is 13.9. The maximum Gasteiger partial charge on any atom is 0.307 e. The molecule has 0 heterocycles. The van der Waals surface area contributed by atoms with Crippen molar-refractivity contribution in [1.29, 1.82) is 0 Å². The highest BCUT2D eigenvalue weighted by Gasteiger charge is 2.22. The van der Waals surface area contributed by atoms with E-state index in [1.165, 1.54) is 45.6 Å². The lowest BCUT2D eigenvalue weighted by molar-refractivity contribution is -0.141. The molecule has 2 aromatic carbocycles. The lowest BCUT2D eigenvalue weighted by atomic mass is 10.0. The van der Waals surface area contributed by atoms with Gasteiger partial charge in [0.25, 0.3) is 5.91 Å². The second-order valence-corrected chi connectivity index (χ2v) is 6.22. The Morgan fingerprint density at radius 1 is 1.14 bits per heavy atom. The van der Waals surface area contributed by atoms with Gasteiger partial charge in [0.2, 0.25) is 0 Å². The predicted octanol–water partition coefficient (Wildman–Crippen LogP) is 3.61. The third-order valence-corrected chi connectivity index (χ3v) is 4.36. The first-order valence-electron chi connectivity index (χ1n) is 8.92. The Morgan fingerprint density at radius 3 is 2.38 bits per heavy atom. The second-order valence-electron chi connectivity index (χ2n) is 6.22. The average molecular weight is 401 g/mol. The normalized spacial score (nSPS) is 11.3. The SMILES string of the molecule is C=CCc1cc(C(=O)NC(CC(=O)OC)c2ccc(F)cc2)cc(OC)c1OC. The highest BCUT2D eigenvalue weighted by atomic mass is 19.1. The number of carbonyl (C=O) groups excluding carboxylic acids is 2. The van der Waals surface area contributed by atoms with Crippen LogP contribution in [0.25, 0.3) is 0 Å². The van der Waals surface area contributed by atoms with E-state index < -0.39 is 23.7 Å². The van der Waals surface area contributed by atoms with Crippen LogP contribution in [0, 0.1) is 5.82 Å². The van der Waals surface area contributed by atoms with Gasteiger partial charge in [-0.1, -0.05) is 18.2 Å². The van der Waals surface area contributed by atoms with E-state index in [2.05, 4.69) is 11.9 Å². The molecular weight excluding hydrogens is 377 g/mol. The van der Waals surface area contributed by atoms with Crippen molar-refractivity contribution in [3.63, 3.8) is 0 Å². The minimum Gasteiger partial charge on any atom is -0.493 e. The van der Waals surface area contributed by atoms with Crippen LogP contribution in [0.5, 0.6) is 11.5 Å². The summed E-state index contributed by atoms with van der Waals surface area (Å²) in [6, 6.07) is 8.11. The minimum atomic E-state index is -0.688. The average Bonchev–Trinajstić information content (AvgIpc) is 2.73. The van der Waals surface area contributed by atoms with Crippen molar-refractivity contribution in [1.82, 2.24) is 5.32 Å². The van der Waals surface area contributed by atoms with E-state index in [0.717, 1.165) is 5.56 Å². The first kappa shape index (κ1) is 21.9. The topological polar surface area (TPSA) is 73.9 Å². The molecule has 0 saturated carbocycles. The van der Waals surface area contributed by atoms with Crippen LogP contribution < -0.4 is 14.8 Å². The maximum absolute atomic E-state index is 13.3. The van der Waals surface area contributed by atoms with Gasteiger partial charge in [0, 0.05) is 11.1 Å². The van der Waals surface area contributed by atoms with E-state index in [9.17, 15) is 14.0 Å². The molecule has 0 saturated heterocycles. The predicted molar refractivity (Wildman–Crippen MR) is 107 cm³/mol. The molecule has 154 valence electrons. The van der Waals surface area contributed by atoms with Crippen LogP contribution >= 0.6 is 0 Å². The molecule has 0 radical (unpaired) electrons. The molecule has 6 nitrogen and oxygen atoms in total. The summed E-state index contributed by atoms with van der Waals surface area (Å²) in [5, 5.41) is 2.81. The Bertz CT molecular complexity index is 880. The number of methoxy groups -OCH3 is 3. The zero-order chi connectivity index (χ0) is 21.4. The molecule has 0 aliphatic heterocycles. The van der Waals surface area contributed by atoms with Crippen molar-refractivity contribution in [2.75, 3.05) is 21.3 Å². The van der Waals surface area contributed by atoms with Gasteiger partial charge in [-0.2, -0.15) is 0 Å². The zero-order valence-electron chi connectivity index (χ0n) is 16.7. The van der Waals surface area contributed by atoms with Crippen LogP contribution in [0.1, 0.15) is 33.9 Å². The number of carbonyl (C=O) groups is 2. The fourth-order valence-electron chi connectivity index (χ4n) is 2.92. The first-order valence-corrected chi connectivity index (χ1v) is 8.92. The van der Waals surface area contributed by atoms with Crippen LogP contribution in [-0.4, -0.2) is 33.2 Å². The van der Waals surface area contributed by atoms with Crippen LogP contribution in [0.2, 0.25) is 0 Å². The molecule has 7 heteroatoms. The summed E-state index contributed by atoms with van der Waals surface area (Å²) in [5.41, 5.74) is 1.65. The van der Waals surface area contributed by atoms with Crippen LogP contribution in [-0.2, 0) is 16.0 Å². The molecule has 0 spiro atoms. The Morgan fingerprint density at radius 2 is 1.83 bits per heavy atom. The standard InChI is InChI=1S/C22H24FNO5/c1-5-6-15-11-16(12-19(27-2)21(15)29-4)22(26)24-18(13-20(25)28-3)14-7-9-17(23)10-8-14/h5,7-12,18H,1,6,13H2,2-4H3,(H,24,26). The van der Waals surface area contributed by atoms with Crippen molar-refractivity contribution in [3.05, 3.63) is 71.6 Å². The van der Waals surface area contributed by atoms with Crippen LogP contribution in [0.3, 0.4) is 0 Å². The van der Waals surface area contributed by atoms with E-state index in [1.54, 1.807) is 18.2 Å². The second kappa shape index (κ2) is 10.3. The van der Waals surface area contributed by atoms with E-state index in [-0.39, 0.29) is 6.42 Å². The Hall–Kier alpha value is -3.35. The maximum atomic E-state index is 13.3. The molecule has 0 bridgehead atoms. The quantitative estimate of drug-likeness (QED) is 0.513. The number of rotatable bonds is 9. The summed E-state index contributed by atoms with van der Waals surface area (Å²) in [4.78, 5) is 24.7. The lowest BCUT2D eigenvalue weighted by Gasteiger charge is -2.19. The number of benzene rings is 2. The number of nitrogens with one attached hydrogen (secondary N) is 1. The van der Waals surface area contributed by atoms with Crippen molar-refractivity contribution in [2.24, 2.45) is 0 Å². The summed E-state index contributed by atoms with van der Waals surface area (Å²) in [7, 11) is 4.27. The summed E-state index contributed by atoms with van der Waals surface area (Å²) in [6.07, 6.45) is 2.07. The van der Waals surface area contributed by atoms with E-state index in [0.29, 0.717) is 29.0 Å². The number of hydrogen-bond acceptors (Lipinski definition) is 5. The molecule has 2 rings (SSSR count). The number of halogens is 1. The molecule has 0 aromatic heterocycles. The van der Waals surface area contributed by atoms with Gasteiger partial charge in [-0.15, -0.1) is 6.58 Å². The van der Waals surface area contributed by atoms with Crippen molar-refractivity contribution in [2.45, 2.75) is 18.9 Å². The highest BCUT2D eigenvalue weighted by Crippen LogP contribution is 2.33. The molecule has 2 aromatic rings. The van der Waals surface area contributed by atoms with Crippen molar-refractivity contribution in [3.8, 4) is 11.5 Å². The Labute approximate surface area is 169 Å². The third kappa shape index (κ3) is 5.57. The van der Waals surface area contributed by atoms with Gasteiger partial charge in [0.15, 0.2) is 11.5 Å². The summed E-state index contributed by atoms with van der Waals surface area (Å²) >= 11 is 0. The van der Waals surface area contributed by atoms with Gasteiger partial charge in [-0.05, 0) is 36.2 Å². The largest absolute Gasteiger partial charge is 0.493 e. The van der Waals surface area contributed by atoms with E-state index >= 15 is 0 Å². The van der Waals surface area contributed by atoms with Crippen molar-refractivity contribution >= 4 is 11.9 Å². The van der Waals surface area contributed by atoms with Gasteiger partial charge in [0.05, 0.1) is 33.8 Å².